The van der Waals surface area contributed by atoms with E-state index in [1.165, 1.54) is 13.8 Å². The van der Waals surface area contributed by atoms with Crippen LogP contribution in [0.4, 0.5) is 0 Å². The van der Waals surface area contributed by atoms with Gasteiger partial charge in [-0.1, -0.05) is 42.5 Å². The molecule has 1 atom stereocenters. The quantitative estimate of drug-likeness (QED) is 0.816. The van der Waals surface area contributed by atoms with Gasteiger partial charge in [0.1, 0.15) is 5.60 Å². The minimum Gasteiger partial charge on any atom is -0.382 e. The molecule has 1 aromatic rings. The minimum absolute atomic E-state index is 0.273. The van der Waals surface area contributed by atoms with E-state index >= 15 is 0 Å². The number of hydrogen-bond donors (Lipinski definition) is 1. The van der Waals surface area contributed by atoms with Crippen LogP contribution in [0.5, 0.6) is 0 Å². The number of ketones is 1. The number of aliphatic hydroxyl groups is 1. The Kier molecular flexibility index (Phi) is 5.10. The average Bonchev–Trinajstić information content (AvgIpc) is 2.47. The molecule has 112 valence electrons. The summed E-state index contributed by atoms with van der Waals surface area (Å²) in [5.41, 5.74) is 0.114. The van der Waals surface area contributed by atoms with Crippen LogP contribution in [0.3, 0.4) is 0 Å². The first-order valence-electron chi connectivity index (χ1n) is 7.24. The van der Waals surface area contributed by atoms with Gasteiger partial charge in [-0.3, -0.25) is 4.79 Å². The monoisotopic (exact) mass is 286 g/mol. The van der Waals surface area contributed by atoms with E-state index in [2.05, 4.69) is 12.2 Å². The molecular formula is C18H22O3. The van der Waals surface area contributed by atoms with Gasteiger partial charge in [0, 0.05) is 11.5 Å². The highest BCUT2D eigenvalue weighted by molar-refractivity contribution is 6.01. The number of allylic oxidation sites excluding steroid dienone is 3. The van der Waals surface area contributed by atoms with Crippen LogP contribution in [0.25, 0.3) is 0 Å². The minimum atomic E-state index is -1.35. The molecule has 0 aromatic heterocycles. The number of carbonyl (C=O) groups is 1. The molecule has 21 heavy (non-hydrogen) atoms. The van der Waals surface area contributed by atoms with Gasteiger partial charge in [-0.2, -0.15) is 0 Å². The molecule has 3 heteroatoms. The Morgan fingerprint density at radius 3 is 2.86 bits per heavy atom. The second-order valence-electron chi connectivity index (χ2n) is 5.91. The van der Waals surface area contributed by atoms with Gasteiger partial charge < -0.3 is 9.84 Å². The zero-order valence-corrected chi connectivity index (χ0v) is 12.6. The van der Waals surface area contributed by atoms with E-state index in [4.69, 9.17) is 4.74 Å². The van der Waals surface area contributed by atoms with Gasteiger partial charge in [0.05, 0.1) is 13.2 Å². The molecule has 3 nitrogen and oxygen atoms in total. The van der Waals surface area contributed by atoms with Crippen molar-refractivity contribution < 1.29 is 14.6 Å². The molecule has 0 amide bonds. The molecule has 0 spiro atoms. The smallest absolute Gasteiger partial charge is 0.193 e. The third-order valence-electron chi connectivity index (χ3n) is 3.41. The van der Waals surface area contributed by atoms with Gasteiger partial charge in [-0.15, -0.1) is 0 Å². The first kappa shape index (κ1) is 15.7. The number of rotatable bonds is 6. The van der Waals surface area contributed by atoms with E-state index < -0.39 is 5.60 Å². The maximum Gasteiger partial charge on any atom is 0.193 e. The van der Waals surface area contributed by atoms with Crippen molar-refractivity contribution in [1.29, 1.82) is 0 Å². The van der Waals surface area contributed by atoms with Crippen LogP contribution in [0, 0.1) is 5.92 Å². The molecule has 1 N–H and O–H groups in total. The Balaban J connectivity index is 1.91. The van der Waals surface area contributed by atoms with Crippen LogP contribution in [0.1, 0.15) is 36.2 Å². The van der Waals surface area contributed by atoms with Crippen LogP contribution in [0.2, 0.25) is 0 Å². The summed E-state index contributed by atoms with van der Waals surface area (Å²) in [4.78, 5) is 12.0. The lowest BCUT2D eigenvalue weighted by Gasteiger charge is -2.16. The van der Waals surface area contributed by atoms with E-state index in [9.17, 15) is 9.90 Å². The zero-order chi connectivity index (χ0) is 15.3. The number of carbonyl (C=O) groups excluding carboxylic acids is 1. The molecule has 0 saturated heterocycles. The maximum absolute atomic E-state index is 12.0. The van der Waals surface area contributed by atoms with E-state index in [-0.39, 0.29) is 5.78 Å². The molecule has 2 rings (SSSR count). The van der Waals surface area contributed by atoms with Crippen LogP contribution in [-0.4, -0.2) is 23.1 Å². The molecule has 0 radical (unpaired) electrons. The van der Waals surface area contributed by atoms with Gasteiger partial charge in [0.15, 0.2) is 5.78 Å². The van der Waals surface area contributed by atoms with Crippen molar-refractivity contribution in [3.05, 3.63) is 59.7 Å². The van der Waals surface area contributed by atoms with Crippen LogP contribution >= 0.6 is 0 Å². The summed E-state index contributed by atoms with van der Waals surface area (Å²) in [5, 5.41) is 9.78. The van der Waals surface area contributed by atoms with E-state index in [0.29, 0.717) is 24.7 Å². The molecular weight excluding hydrogens is 264 g/mol. The Hall–Kier alpha value is -1.71. The average molecular weight is 286 g/mol. The second kappa shape index (κ2) is 6.83. The molecule has 0 bridgehead atoms. The van der Waals surface area contributed by atoms with Gasteiger partial charge in [-0.25, -0.2) is 0 Å². The summed E-state index contributed by atoms with van der Waals surface area (Å²) in [6.45, 7) is 4.15. The largest absolute Gasteiger partial charge is 0.382 e. The Labute approximate surface area is 125 Å². The molecule has 0 saturated carbocycles. The first-order valence-corrected chi connectivity index (χ1v) is 7.24. The number of ether oxygens (including phenoxy) is 1. The summed E-state index contributed by atoms with van der Waals surface area (Å²) in [5.74, 6) is 0.154. The van der Waals surface area contributed by atoms with Crippen LogP contribution in [-0.2, 0) is 11.3 Å². The van der Waals surface area contributed by atoms with E-state index in [1.54, 1.807) is 12.1 Å². The molecule has 0 aliphatic heterocycles. The fourth-order valence-corrected chi connectivity index (χ4v) is 2.24. The predicted octanol–water partition coefficient (Wildman–Crippen LogP) is 3.29. The Morgan fingerprint density at radius 1 is 1.38 bits per heavy atom. The summed E-state index contributed by atoms with van der Waals surface area (Å²) in [6, 6.07) is 7.26. The van der Waals surface area contributed by atoms with Crippen LogP contribution in [0.15, 0.2) is 48.6 Å². The zero-order valence-electron chi connectivity index (χ0n) is 12.6. The molecule has 1 aliphatic rings. The predicted molar refractivity (Wildman–Crippen MR) is 83.1 cm³/mol. The lowest BCUT2D eigenvalue weighted by Crippen LogP contribution is -2.31. The summed E-state index contributed by atoms with van der Waals surface area (Å²) in [6.07, 6.45) is 9.38. The highest BCUT2D eigenvalue weighted by atomic mass is 16.5. The number of benzene rings is 1. The number of hydrogen-bond acceptors (Lipinski definition) is 3. The normalized spacial score (nSPS) is 18.0. The van der Waals surface area contributed by atoms with Gasteiger partial charge in [-0.05, 0) is 31.9 Å². The van der Waals surface area contributed by atoms with Gasteiger partial charge in [0.25, 0.3) is 0 Å². The fourth-order valence-electron chi connectivity index (χ4n) is 2.24. The highest BCUT2D eigenvalue weighted by Gasteiger charge is 2.25. The standard InChI is InChI=1S/C18H22O3/c1-18(2,20)17(19)16-10-6-9-15(11-16)13-21-12-14-7-4-3-5-8-14/h3-7,9-11,14,20H,8,12-13H2,1-2H3. The summed E-state index contributed by atoms with van der Waals surface area (Å²) < 4.78 is 5.72. The van der Waals surface area contributed by atoms with Gasteiger partial charge >= 0.3 is 0 Å². The fraction of sp³-hybridized carbons (Fsp3) is 0.389. The lowest BCUT2D eigenvalue weighted by atomic mass is 9.96. The summed E-state index contributed by atoms with van der Waals surface area (Å²) >= 11 is 0. The summed E-state index contributed by atoms with van der Waals surface area (Å²) in [7, 11) is 0. The first-order chi connectivity index (χ1) is 9.97. The number of Topliss-reactive ketones (excluding diaryl/α,β-unsaturated/α-hetero) is 1. The third-order valence-corrected chi connectivity index (χ3v) is 3.41. The topological polar surface area (TPSA) is 46.5 Å². The van der Waals surface area contributed by atoms with Crippen molar-refractivity contribution in [2.45, 2.75) is 32.5 Å². The van der Waals surface area contributed by atoms with E-state index in [1.807, 2.05) is 24.3 Å². The van der Waals surface area contributed by atoms with Crippen molar-refractivity contribution >= 4 is 5.78 Å². The molecule has 1 unspecified atom stereocenters. The van der Waals surface area contributed by atoms with Crippen molar-refractivity contribution in [3.63, 3.8) is 0 Å². The maximum atomic E-state index is 12.0. The highest BCUT2D eigenvalue weighted by Crippen LogP contribution is 2.16. The SMILES string of the molecule is CC(C)(O)C(=O)c1cccc(COCC2C=CC=CC2)c1. The molecule has 1 aromatic carbocycles. The third kappa shape index (κ3) is 4.66. The van der Waals surface area contributed by atoms with Gasteiger partial charge in [0.2, 0.25) is 0 Å². The Morgan fingerprint density at radius 2 is 2.19 bits per heavy atom. The molecule has 0 heterocycles. The molecule has 1 aliphatic carbocycles. The lowest BCUT2D eigenvalue weighted by molar-refractivity contribution is 0.0487. The second-order valence-corrected chi connectivity index (χ2v) is 5.91. The van der Waals surface area contributed by atoms with Crippen molar-refractivity contribution in [1.82, 2.24) is 0 Å². The van der Waals surface area contributed by atoms with Crippen LogP contribution < -0.4 is 0 Å². The Bertz CT molecular complexity index is 550. The van der Waals surface area contributed by atoms with E-state index in [0.717, 1.165) is 12.0 Å². The molecule has 0 fully saturated rings. The van der Waals surface area contributed by atoms with Crippen molar-refractivity contribution in [2.24, 2.45) is 5.92 Å². The van der Waals surface area contributed by atoms with Crippen molar-refractivity contribution in [3.8, 4) is 0 Å². The van der Waals surface area contributed by atoms with Crippen molar-refractivity contribution in [2.75, 3.05) is 6.61 Å².